The molecule has 3 heteroatoms. The minimum atomic E-state index is -0.945. The monoisotopic (exact) mass is 322 g/mol. The second-order valence-electron chi connectivity index (χ2n) is 6.03. The zero-order valence-corrected chi connectivity index (χ0v) is 14.2. The number of aryl methyl sites for hydroxylation is 1. The molecule has 3 nitrogen and oxygen atoms in total. The van der Waals surface area contributed by atoms with E-state index in [0.717, 1.165) is 16.7 Å². The van der Waals surface area contributed by atoms with E-state index in [-0.39, 0.29) is 6.10 Å². The van der Waals surface area contributed by atoms with E-state index in [0.29, 0.717) is 6.42 Å². The van der Waals surface area contributed by atoms with Crippen molar-refractivity contribution in [2.24, 2.45) is 0 Å². The fraction of sp³-hybridized carbons (Fsp3) is 0.286. The molecule has 0 saturated heterocycles. The van der Waals surface area contributed by atoms with E-state index in [1.165, 1.54) is 5.56 Å². The van der Waals surface area contributed by atoms with Crippen LogP contribution in [0.15, 0.2) is 48.5 Å². The topological polar surface area (TPSA) is 46.5 Å². The lowest BCUT2D eigenvalue weighted by Crippen LogP contribution is -2.29. The zero-order valence-electron chi connectivity index (χ0n) is 14.2. The van der Waals surface area contributed by atoms with E-state index in [1.54, 1.807) is 0 Å². The maximum Gasteiger partial charge on any atom is 0.333 e. The minimum absolute atomic E-state index is 0.129. The van der Waals surface area contributed by atoms with Crippen LogP contribution >= 0.6 is 0 Å². The van der Waals surface area contributed by atoms with Crippen molar-refractivity contribution in [3.8, 4) is 11.8 Å². The first-order valence-electron chi connectivity index (χ1n) is 8.00. The summed E-state index contributed by atoms with van der Waals surface area (Å²) in [4.78, 5) is 11.3. The number of aliphatic carboxylic acids is 1. The molecule has 2 aromatic rings. The molecule has 0 aromatic heterocycles. The number of benzene rings is 2. The molecule has 1 atom stereocenters. The number of rotatable bonds is 5. The normalized spacial score (nSPS) is 11.7. The molecule has 0 heterocycles. The zero-order chi connectivity index (χ0) is 17.5. The number of carboxylic acid groups (broad SMARTS) is 1. The van der Waals surface area contributed by atoms with Crippen LogP contribution in [-0.2, 0) is 16.0 Å². The largest absolute Gasteiger partial charge is 0.479 e. The quantitative estimate of drug-likeness (QED) is 0.851. The highest BCUT2D eigenvalue weighted by molar-refractivity contribution is 5.72. The van der Waals surface area contributed by atoms with Crippen LogP contribution in [0.25, 0.3) is 0 Å². The van der Waals surface area contributed by atoms with Crippen LogP contribution < -0.4 is 0 Å². The van der Waals surface area contributed by atoms with Gasteiger partial charge < -0.3 is 9.84 Å². The van der Waals surface area contributed by atoms with Gasteiger partial charge in [-0.25, -0.2) is 4.79 Å². The number of hydrogen-bond donors (Lipinski definition) is 1. The maximum atomic E-state index is 11.3. The van der Waals surface area contributed by atoms with E-state index in [4.69, 9.17) is 4.74 Å². The van der Waals surface area contributed by atoms with E-state index >= 15 is 0 Å². The lowest BCUT2D eigenvalue weighted by molar-refractivity contribution is -0.153. The van der Waals surface area contributed by atoms with Crippen LogP contribution in [-0.4, -0.2) is 23.3 Å². The van der Waals surface area contributed by atoms with Crippen LogP contribution in [0.2, 0.25) is 0 Å². The van der Waals surface area contributed by atoms with Gasteiger partial charge in [-0.2, -0.15) is 0 Å². The summed E-state index contributed by atoms with van der Waals surface area (Å²) in [5, 5.41) is 9.27. The van der Waals surface area contributed by atoms with Crippen molar-refractivity contribution in [3.05, 3.63) is 70.8 Å². The molecule has 0 amide bonds. The predicted molar refractivity (Wildman–Crippen MR) is 94.9 cm³/mol. The summed E-state index contributed by atoms with van der Waals surface area (Å²) in [7, 11) is 0. The molecule has 1 N–H and O–H groups in total. The Hall–Kier alpha value is -2.57. The molecular weight excluding hydrogens is 300 g/mol. The molecule has 1 unspecified atom stereocenters. The van der Waals surface area contributed by atoms with Crippen LogP contribution in [0.3, 0.4) is 0 Å². The van der Waals surface area contributed by atoms with Gasteiger partial charge in [0.25, 0.3) is 0 Å². The summed E-state index contributed by atoms with van der Waals surface area (Å²) in [6.07, 6.45) is -0.644. The van der Waals surface area contributed by atoms with Crippen molar-refractivity contribution >= 4 is 5.97 Å². The average molecular weight is 322 g/mol. The minimum Gasteiger partial charge on any atom is -0.479 e. The Labute approximate surface area is 143 Å². The molecule has 0 aliphatic carbocycles. The average Bonchev–Trinajstić information content (AvgIpc) is 2.53. The van der Waals surface area contributed by atoms with Gasteiger partial charge >= 0.3 is 5.97 Å². The molecule has 0 aliphatic rings. The molecule has 24 heavy (non-hydrogen) atoms. The van der Waals surface area contributed by atoms with E-state index in [2.05, 4.69) is 11.8 Å². The molecule has 2 rings (SSSR count). The number of carboxylic acids is 1. The molecule has 0 aliphatic heterocycles. The van der Waals surface area contributed by atoms with E-state index in [9.17, 15) is 9.90 Å². The molecular formula is C21H22O3. The molecule has 0 saturated carbocycles. The Kier molecular flexibility index (Phi) is 6.17. The fourth-order valence-corrected chi connectivity index (χ4v) is 2.29. The summed E-state index contributed by atoms with van der Waals surface area (Å²) < 4.78 is 5.46. The van der Waals surface area contributed by atoms with E-state index in [1.807, 2.05) is 69.3 Å². The Balaban J connectivity index is 2.14. The summed E-state index contributed by atoms with van der Waals surface area (Å²) in [5.74, 6) is 5.31. The van der Waals surface area contributed by atoms with Crippen LogP contribution in [0.5, 0.6) is 0 Å². The van der Waals surface area contributed by atoms with Gasteiger partial charge in [-0.3, -0.25) is 0 Å². The van der Waals surface area contributed by atoms with Gasteiger partial charge in [0.15, 0.2) is 6.10 Å². The third-order valence-electron chi connectivity index (χ3n) is 3.46. The second kappa shape index (κ2) is 8.33. The van der Waals surface area contributed by atoms with Crippen LogP contribution in [0.1, 0.15) is 36.1 Å². The Morgan fingerprint density at radius 3 is 2.38 bits per heavy atom. The highest BCUT2D eigenvalue weighted by atomic mass is 16.5. The maximum absolute atomic E-state index is 11.3. The Morgan fingerprint density at radius 1 is 1.08 bits per heavy atom. The summed E-state index contributed by atoms with van der Waals surface area (Å²) in [6.45, 7) is 5.71. The first kappa shape index (κ1) is 17.8. The van der Waals surface area contributed by atoms with Crippen molar-refractivity contribution in [1.29, 1.82) is 0 Å². The van der Waals surface area contributed by atoms with Crippen molar-refractivity contribution in [3.63, 3.8) is 0 Å². The van der Waals surface area contributed by atoms with Crippen molar-refractivity contribution in [1.82, 2.24) is 0 Å². The van der Waals surface area contributed by atoms with Crippen LogP contribution in [0, 0.1) is 18.8 Å². The second-order valence-corrected chi connectivity index (χ2v) is 6.03. The molecule has 0 radical (unpaired) electrons. The number of carbonyl (C=O) groups is 1. The van der Waals surface area contributed by atoms with Crippen molar-refractivity contribution in [2.75, 3.05) is 0 Å². The lowest BCUT2D eigenvalue weighted by atomic mass is 10.0. The Bertz CT molecular complexity index is 749. The number of hydrogen-bond acceptors (Lipinski definition) is 2. The summed E-state index contributed by atoms with van der Waals surface area (Å²) >= 11 is 0. The predicted octanol–water partition coefficient (Wildman–Crippen LogP) is 3.82. The first-order chi connectivity index (χ1) is 11.4. The smallest absolute Gasteiger partial charge is 0.333 e. The number of ether oxygens (including phenoxy) is 1. The van der Waals surface area contributed by atoms with Gasteiger partial charge in [-0.1, -0.05) is 41.7 Å². The molecule has 0 spiro atoms. The first-order valence-corrected chi connectivity index (χ1v) is 8.00. The van der Waals surface area contributed by atoms with Crippen LogP contribution in [0.4, 0.5) is 0 Å². The van der Waals surface area contributed by atoms with Gasteiger partial charge in [-0.05, 0) is 50.6 Å². The highest BCUT2D eigenvalue weighted by Crippen LogP contribution is 2.11. The van der Waals surface area contributed by atoms with Gasteiger partial charge in [0.05, 0.1) is 6.10 Å². The van der Waals surface area contributed by atoms with Gasteiger partial charge in [-0.15, -0.1) is 0 Å². The Morgan fingerprint density at radius 2 is 1.75 bits per heavy atom. The lowest BCUT2D eigenvalue weighted by Gasteiger charge is -2.16. The third-order valence-corrected chi connectivity index (χ3v) is 3.46. The standard InChI is InChI=1S/C21H22O3/c1-15(2)24-20(21(22)23)14-19-6-4-5-18(13-19)12-11-17-9-7-16(3)8-10-17/h4-10,13,15,20H,14H2,1-3H3,(H,22,23). The molecule has 0 bridgehead atoms. The van der Waals surface area contributed by atoms with E-state index < -0.39 is 12.1 Å². The van der Waals surface area contributed by atoms with Gasteiger partial charge in [0, 0.05) is 17.5 Å². The van der Waals surface area contributed by atoms with Gasteiger partial charge in [0.2, 0.25) is 0 Å². The molecule has 0 fully saturated rings. The summed E-state index contributed by atoms with van der Waals surface area (Å²) in [5.41, 5.74) is 3.92. The SMILES string of the molecule is Cc1ccc(C#Cc2cccc(CC(OC(C)C)C(=O)O)c2)cc1. The fourth-order valence-electron chi connectivity index (χ4n) is 2.29. The van der Waals surface area contributed by atoms with Gasteiger partial charge in [0.1, 0.15) is 0 Å². The molecule has 124 valence electrons. The van der Waals surface area contributed by atoms with Crippen molar-refractivity contribution in [2.45, 2.75) is 39.4 Å². The highest BCUT2D eigenvalue weighted by Gasteiger charge is 2.20. The van der Waals surface area contributed by atoms with Crippen molar-refractivity contribution < 1.29 is 14.6 Å². The summed E-state index contributed by atoms with van der Waals surface area (Å²) in [6, 6.07) is 15.7. The third kappa shape index (κ3) is 5.57. The molecule has 2 aromatic carbocycles.